The average molecular weight is 653 g/mol. The molecule has 0 bridgehead atoms. The second kappa shape index (κ2) is 13.1. The third kappa shape index (κ3) is 6.13. The number of anilines is 3. The van der Waals surface area contributed by atoms with E-state index < -0.39 is 0 Å². The van der Waals surface area contributed by atoms with Crippen molar-refractivity contribution in [3.8, 4) is 11.3 Å². The van der Waals surface area contributed by atoms with Crippen LogP contribution in [0.1, 0.15) is 38.7 Å². The van der Waals surface area contributed by atoms with E-state index in [4.69, 9.17) is 0 Å². The number of carbonyl (C=O) groups is 1. The molecule has 5 heterocycles. The molecule has 1 aliphatic heterocycles. The van der Waals surface area contributed by atoms with Crippen LogP contribution in [-0.4, -0.2) is 54.2 Å². The van der Waals surface area contributed by atoms with Crippen molar-refractivity contribution in [3.05, 3.63) is 131 Å². The number of thiophene rings is 1. The monoisotopic (exact) mass is 652 g/mol. The van der Waals surface area contributed by atoms with E-state index in [0.29, 0.717) is 24.3 Å². The zero-order chi connectivity index (χ0) is 32.3. The summed E-state index contributed by atoms with van der Waals surface area (Å²) in [7, 11) is 0. The molecule has 0 fully saturated rings. The van der Waals surface area contributed by atoms with Crippen LogP contribution in [0.3, 0.4) is 0 Å². The van der Waals surface area contributed by atoms with E-state index in [1.807, 2.05) is 48.7 Å². The molecule has 0 spiro atoms. The van der Waals surface area contributed by atoms with Gasteiger partial charge in [-0.1, -0.05) is 53.7 Å². The fraction of sp³-hybridized carbons (Fsp3) is 0.167. The second-order valence-corrected chi connectivity index (χ2v) is 12.8. The summed E-state index contributed by atoms with van der Waals surface area (Å²) < 4.78 is 1.80. The van der Waals surface area contributed by atoms with E-state index in [9.17, 15) is 4.79 Å². The van der Waals surface area contributed by atoms with Gasteiger partial charge in [-0.3, -0.25) is 9.89 Å². The van der Waals surface area contributed by atoms with E-state index in [1.165, 1.54) is 10.4 Å². The van der Waals surface area contributed by atoms with Gasteiger partial charge in [0.15, 0.2) is 5.65 Å². The number of aromatic nitrogens is 7. The quantitative estimate of drug-likeness (QED) is 0.147. The number of nitrogens with zero attached hydrogens (tertiary/aromatic N) is 7. The molecule has 1 amide bonds. The molecule has 3 aromatic carbocycles. The molecule has 1 unspecified atom stereocenters. The molecular formula is C36H32N10OS. The molecule has 11 nitrogen and oxygen atoms in total. The summed E-state index contributed by atoms with van der Waals surface area (Å²) in [6, 6.07) is 28.4. The summed E-state index contributed by atoms with van der Waals surface area (Å²) in [4.78, 5) is 25.6. The minimum absolute atomic E-state index is 0.0953. The van der Waals surface area contributed by atoms with Crippen molar-refractivity contribution in [2.75, 3.05) is 23.3 Å². The summed E-state index contributed by atoms with van der Waals surface area (Å²) in [5, 5.41) is 25.4. The van der Waals surface area contributed by atoms with Crippen molar-refractivity contribution >= 4 is 45.5 Å². The highest BCUT2D eigenvalue weighted by molar-refractivity contribution is 7.09. The van der Waals surface area contributed by atoms with Crippen molar-refractivity contribution < 1.29 is 4.79 Å². The number of nitrogens with one attached hydrogen (secondary N) is 3. The van der Waals surface area contributed by atoms with E-state index >= 15 is 0 Å². The Kier molecular flexibility index (Phi) is 8.05. The fourth-order valence-electron chi connectivity index (χ4n) is 6.27. The number of H-pyrrole nitrogens is 1. The molecule has 3 N–H and O–H groups in total. The maximum Gasteiger partial charge on any atom is 0.251 e. The maximum absolute atomic E-state index is 13.2. The predicted molar refractivity (Wildman–Crippen MR) is 187 cm³/mol. The number of carbonyl (C=O) groups excluding carboxylic acids is 1. The van der Waals surface area contributed by atoms with Crippen LogP contribution >= 0.6 is 11.3 Å². The third-order valence-electron chi connectivity index (χ3n) is 8.61. The standard InChI is InChI=1S/C36H32N10OS/c47-36(37-14-13-27-21-46(33-12-2-1-11-30(27)33)35-31-19-41-43-34(31)39-23-40-35)26-8-3-6-24(16-26)20-45-22-32(42-44-45)25-7-4-9-28(17-25)38-18-29-10-5-15-48-29/h1-12,15-17,19,22-23,27,38H,13-14,18,20-21H2,(H,37,47)(H,39,40,41,43). The molecule has 0 radical (unpaired) electrons. The van der Waals surface area contributed by atoms with Gasteiger partial charge in [0.1, 0.15) is 17.8 Å². The lowest BCUT2D eigenvalue weighted by Gasteiger charge is -2.19. The van der Waals surface area contributed by atoms with Gasteiger partial charge < -0.3 is 15.5 Å². The highest BCUT2D eigenvalue weighted by Crippen LogP contribution is 2.42. The van der Waals surface area contributed by atoms with Crippen molar-refractivity contribution in [2.45, 2.75) is 25.4 Å². The molecule has 8 rings (SSSR count). The van der Waals surface area contributed by atoms with Gasteiger partial charge in [0.05, 0.1) is 24.3 Å². The summed E-state index contributed by atoms with van der Waals surface area (Å²) in [5.74, 6) is 0.977. The SMILES string of the molecule is O=C(NCCC1CN(c2ncnc3[nH]ncc23)c2ccccc21)c1cccc(Cn2cc(-c3cccc(NCc4cccs4)c3)nn2)c1. The predicted octanol–water partition coefficient (Wildman–Crippen LogP) is 6.39. The highest BCUT2D eigenvalue weighted by atomic mass is 32.1. The molecule has 12 heteroatoms. The van der Waals surface area contributed by atoms with Crippen LogP contribution in [-0.2, 0) is 13.1 Å². The van der Waals surface area contributed by atoms with Gasteiger partial charge in [0.25, 0.3) is 5.91 Å². The lowest BCUT2D eigenvalue weighted by molar-refractivity contribution is 0.0952. The summed E-state index contributed by atoms with van der Waals surface area (Å²) >= 11 is 1.74. The zero-order valence-electron chi connectivity index (χ0n) is 26.0. The first-order chi connectivity index (χ1) is 23.7. The Bertz CT molecular complexity index is 2190. The number of benzene rings is 3. The van der Waals surface area contributed by atoms with Gasteiger partial charge in [-0.25, -0.2) is 14.6 Å². The Labute approximate surface area is 280 Å². The van der Waals surface area contributed by atoms with Crippen LogP contribution in [0, 0.1) is 0 Å². The minimum Gasteiger partial charge on any atom is -0.380 e. The molecule has 0 aliphatic carbocycles. The Balaban J connectivity index is 0.886. The number of amides is 1. The molecule has 1 atom stereocenters. The van der Waals surface area contributed by atoms with Crippen LogP contribution in [0.15, 0.2) is 109 Å². The Morgan fingerprint density at radius 3 is 2.88 bits per heavy atom. The normalized spacial score (nSPS) is 13.9. The molecule has 4 aromatic heterocycles. The number of aromatic amines is 1. The Morgan fingerprint density at radius 2 is 1.94 bits per heavy atom. The first-order valence-electron chi connectivity index (χ1n) is 15.8. The number of hydrogen-bond acceptors (Lipinski definition) is 9. The summed E-state index contributed by atoms with van der Waals surface area (Å²) in [6.07, 6.45) is 6.06. The van der Waals surface area contributed by atoms with Crippen molar-refractivity contribution in [3.63, 3.8) is 0 Å². The molecule has 0 saturated heterocycles. The largest absolute Gasteiger partial charge is 0.380 e. The first kappa shape index (κ1) is 29.5. The molecular weight excluding hydrogens is 621 g/mol. The second-order valence-electron chi connectivity index (χ2n) is 11.8. The van der Waals surface area contributed by atoms with Gasteiger partial charge in [0.2, 0.25) is 0 Å². The number of fused-ring (bicyclic) bond motifs is 2. The first-order valence-corrected chi connectivity index (χ1v) is 16.7. The minimum atomic E-state index is -0.0953. The van der Waals surface area contributed by atoms with Crippen LogP contribution in [0.2, 0.25) is 0 Å². The summed E-state index contributed by atoms with van der Waals surface area (Å²) in [6.45, 7) is 2.60. The number of hydrogen-bond donors (Lipinski definition) is 3. The lowest BCUT2D eigenvalue weighted by Crippen LogP contribution is -2.26. The van der Waals surface area contributed by atoms with E-state index in [0.717, 1.165) is 58.9 Å². The molecule has 238 valence electrons. The van der Waals surface area contributed by atoms with Gasteiger partial charge in [-0.2, -0.15) is 5.10 Å². The highest BCUT2D eigenvalue weighted by Gasteiger charge is 2.31. The Hall–Kier alpha value is -5.88. The lowest BCUT2D eigenvalue weighted by atomic mass is 9.98. The average Bonchev–Trinajstić information content (AvgIpc) is 3.95. The Morgan fingerprint density at radius 1 is 1.00 bits per heavy atom. The van der Waals surface area contributed by atoms with Crippen LogP contribution in [0.5, 0.6) is 0 Å². The zero-order valence-corrected chi connectivity index (χ0v) is 26.8. The fourth-order valence-corrected chi connectivity index (χ4v) is 6.91. The summed E-state index contributed by atoms with van der Waals surface area (Å²) in [5.41, 5.74) is 7.49. The smallest absolute Gasteiger partial charge is 0.251 e. The van der Waals surface area contributed by atoms with E-state index in [-0.39, 0.29) is 11.8 Å². The van der Waals surface area contributed by atoms with Crippen molar-refractivity contribution in [1.82, 2.24) is 40.5 Å². The molecule has 7 aromatic rings. The van der Waals surface area contributed by atoms with Crippen molar-refractivity contribution in [1.29, 1.82) is 0 Å². The van der Waals surface area contributed by atoms with Crippen LogP contribution < -0.4 is 15.5 Å². The van der Waals surface area contributed by atoms with Crippen LogP contribution in [0.4, 0.5) is 17.2 Å². The number of rotatable bonds is 11. The third-order valence-corrected chi connectivity index (χ3v) is 9.49. The van der Waals surface area contributed by atoms with Gasteiger partial charge >= 0.3 is 0 Å². The topological polar surface area (TPSA) is 130 Å². The van der Waals surface area contributed by atoms with Gasteiger partial charge in [-0.05, 0) is 59.3 Å². The van der Waals surface area contributed by atoms with Gasteiger partial charge in [0, 0.05) is 52.9 Å². The van der Waals surface area contributed by atoms with Crippen molar-refractivity contribution in [2.24, 2.45) is 0 Å². The van der Waals surface area contributed by atoms with Gasteiger partial charge in [-0.15, -0.1) is 16.4 Å². The number of para-hydroxylation sites is 1. The van der Waals surface area contributed by atoms with E-state index in [1.54, 1.807) is 28.5 Å². The molecule has 48 heavy (non-hydrogen) atoms. The maximum atomic E-state index is 13.2. The van der Waals surface area contributed by atoms with Crippen LogP contribution in [0.25, 0.3) is 22.3 Å². The molecule has 1 aliphatic rings. The molecule has 0 saturated carbocycles. The van der Waals surface area contributed by atoms with E-state index in [2.05, 4.69) is 93.9 Å².